The lowest BCUT2D eigenvalue weighted by Gasteiger charge is -2.17. The molecule has 0 atom stereocenters. The minimum Gasteiger partial charge on any atom is -0.329 e. The zero-order chi connectivity index (χ0) is 11.5. The Kier molecular flexibility index (Phi) is 2.81. The van der Waals surface area contributed by atoms with E-state index in [0.29, 0.717) is 11.5 Å². The standard InChI is InChI=1S/C12H10F2N2/c1-16(12-4-2-3-7-15-12)9-5-6-10(13)11(14)8-9/h2-8H,1H3. The molecular weight excluding hydrogens is 210 g/mol. The van der Waals surface area contributed by atoms with Crippen LogP contribution in [-0.4, -0.2) is 12.0 Å². The molecule has 0 spiro atoms. The van der Waals surface area contributed by atoms with Gasteiger partial charge in [0.25, 0.3) is 0 Å². The largest absolute Gasteiger partial charge is 0.329 e. The molecule has 2 aromatic rings. The minimum absolute atomic E-state index is 0.553. The predicted octanol–water partition coefficient (Wildman–Crippen LogP) is 3.13. The van der Waals surface area contributed by atoms with Crippen molar-refractivity contribution in [3.63, 3.8) is 0 Å². The summed E-state index contributed by atoms with van der Waals surface area (Å²) in [6.07, 6.45) is 1.64. The molecule has 0 aliphatic heterocycles. The van der Waals surface area contributed by atoms with Gasteiger partial charge in [0, 0.05) is 25.0 Å². The van der Waals surface area contributed by atoms with Crippen molar-refractivity contribution in [1.29, 1.82) is 0 Å². The molecule has 0 saturated heterocycles. The monoisotopic (exact) mass is 220 g/mol. The van der Waals surface area contributed by atoms with Crippen molar-refractivity contribution in [3.8, 4) is 0 Å². The van der Waals surface area contributed by atoms with E-state index in [1.807, 2.05) is 6.07 Å². The van der Waals surface area contributed by atoms with Crippen LogP contribution in [0.1, 0.15) is 0 Å². The second-order valence-corrected chi connectivity index (χ2v) is 3.35. The van der Waals surface area contributed by atoms with Crippen molar-refractivity contribution < 1.29 is 8.78 Å². The normalized spacial score (nSPS) is 10.2. The van der Waals surface area contributed by atoms with E-state index in [9.17, 15) is 8.78 Å². The first kappa shape index (κ1) is 10.5. The maximum absolute atomic E-state index is 13.0. The molecule has 0 unspecified atom stereocenters. The summed E-state index contributed by atoms with van der Waals surface area (Å²) >= 11 is 0. The van der Waals surface area contributed by atoms with Gasteiger partial charge in [-0.3, -0.25) is 0 Å². The van der Waals surface area contributed by atoms with Gasteiger partial charge in [-0.15, -0.1) is 0 Å². The second kappa shape index (κ2) is 4.26. The second-order valence-electron chi connectivity index (χ2n) is 3.35. The molecule has 1 aromatic carbocycles. The fourth-order valence-corrected chi connectivity index (χ4v) is 1.38. The van der Waals surface area contributed by atoms with E-state index < -0.39 is 11.6 Å². The molecule has 2 nitrogen and oxygen atoms in total. The molecule has 1 heterocycles. The van der Waals surface area contributed by atoms with Gasteiger partial charge in [0.1, 0.15) is 5.82 Å². The average Bonchev–Trinajstić information content (AvgIpc) is 2.33. The number of hydrogen-bond donors (Lipinski definition) is 0. The van der Waals surface area contributed by atoms with Gasteiger partial charge in [-0.25, -0.2) is 13.8 Å². The third-order valence-corrected chi connectivity index (χ3v) is 2.28. The van der Waals surface area contributed by atoms with Gasteiger partial charge >= 0.3 is 0 Å². The summed E-state index contributed by atoms with van der Waals surface area (Å²) in [6.45, 7) is 0. The Bertz CT molecular complexity index is 486. The lowest BCUT2D eigenvalue weighted by Crippen LogP contribution is -2.11. The van der Waals surface area contributed by atoms with E-state index >= 15 is 0 Å². The van der Waals surface area contributed by atoms with Crippen LogP contribution in [0.15, 0.2) is 42.6 Å². The topological polar surface area (TPSA) is 16.1 Å². The zero-order valence-corrected chi connectivity index (χ0v) is 8.69. The van der Waals surface area contributed by atoms with E-state index in [-0.39, 0.29) is 0 Å². The molecule has 82 valence electrons. The van der Waals surface area contributed by atoms with Crippen LogP contribution in [0.2, 0.25) is 0 Å². The Morgan fingerprint density at radius 2 is 1.88 bits per heavy atom. The van der Waals surface area contributed by atoms with E-state index in [0.717, 1.165) is 12.1 Å². The van der Waals surface area contributed by atoms with Crippen LogP contribution in [-0.2, 0) is 0 Å². The number of benzene rings is 1. The van der Waals surface area contributed by atoms with Gasteiger partial charge in [-0.1, -0.05) is 6.07 Å². The molecule has 0 fully saturated rings. The van der Waals surface area contributed by atoms with Gasteiger partial charge in [0.05, 0.1) is 0 Å². The number of hydrogen-bond acceptors (Lipinski definition) is 2. The first-order valence-electron chi connectivity index (χ1n) is 4.78. The van der Waals surface area contributed by atoms with Crippen molar-refractivity contribution in [3.05, 3.63) is 54.2 Å². The summed E-state index contributed by atoms with van der Waals surface area (Å²) < 4.78 is 25.8. The maximum Gasteiger partial charge on any atom is 0.160 e. The fourth-order valence-electron chi connectivity index (χ4n) is 1.38. The van der Waals surface area contributed by atoms with Crippen LogP contribution in [0.5, 0.6) is 0 Å². The first-order valence-corrected chi connectivity index (χ1v) is 4.78. The van der Waals surface area contributed by atoms with Crippen LogP contribution < -0.4 is 4.90 Å². The SMILES string of the molecule is CN(c1ccc(F)c(F)c1)c1ccccn1. The molecule has 0 N–H and O–H groups in total. The third kappa shape index (κ3) is 2.00. The van der Waals surface area contributed by atoms with Crippen molar-refractivity contribution >= 4 is 11.5 Å². The number of aromatic nitrogens is 1. The van der Waals surface area contributed by atoms with E-state index in [2.05, 4.69) is 4.98 Å². The average molecular weight is 220 g/mol. The molecule has 16 heavy (non-hydrogen) atoms. The lowest BCUT2D eigenvalue weighted by molar-refractivity contribution is 0.509. The molecular formula is C12H10F2N2. The van der Waals surface area contributed by atoms with E-state index in [4.69, 9.17) is 0 Å². The summed E-state index contributed by atoms with van der Waals surface area (Å²) in [5.41, 5.74) is 0.553. The molecule has 0 bridgehead atoms. The summed E-state index contributed by atoms with van der Waals surface area (Å²) in [4.78, 5) is 5.80. The minimum atomic E-state index is -0.861. The Morgan fingerprint density at radius 1 is 1.06 bits per heavy atom. The first-order chi connectivity index (χ1) is 7.68. The Hall–Kier alpha value is -1.97. The highest BCUT2D eigenvalue weighted by Gasteiger charge is 2.08. The highest BCUT2D eigenvalue weighted by Crippen LogP contribution is 2.22. The zero-order valence-electron chi connectivity index (χ0n) is 8.69. The molecule has 4 heteroatoms. The van der Waals surface area contributed by atoms with Crippen molar-refractivity contribution in [2.24, 2.45) is 0 Å². The molecule has 2 rings (SSSR count). The van der Waals surface area contributed by atoms with Crippen LogP contribution in [0, 0.1) is 11.6 Å². The smallest absolute Gasteiger partial charge is 0.160 e. The third-order valence-electron chi connectivity index (χ3n) is 2.28. The van der Waals surface area contributed by atoms with Gasteiger partial charge < -0.3 is 4.90 Å². The quantitative estimate of drug-likeness (QED) is 0.773. The Balaban J connectivity index is 2.34. The van der Waals surface area contributed by atoms with Gasteiger partial charge in [0.2, 0.25) is 0 Å². The summed E-state index contributed by atoms with van der Waals surface area (Å²) in [5, 5.41) is 0. The van der Waals surface area contributed by atoms with Crippen LogP contribution in [0.25, 0.3) is 0 Å². The predicted molar refractivity (Wildman–Crippen MR) is 58.7 cm³/mol. The van der Waals surface area contributed by atoms with Crippen molar-refractivity contribution in [2.45, 2.75) is 0 Å². The van der Waals surface area contributed by atoms with Crippen molar-refractivity contribution in [2.75, 3.05) is 11.9 Å². The summed E-state index contributed by atoms with van der Waals surface area (Å²) in [5.74, 6) is -1.04. The molecule has 1 aromatic heterocycles. The summed E-state index contributed by atoms with van der Waals surface area (Å²) in [6, 6.07) is 9.17. The molecule has 0 saturated carbocycles. The van der Waals surface area contributed by atoms with Crippen LogP contribution >= 0.6 is 0 Å². The summed E-state index contributed by atoms with van der Waals surface area (Å²) in [7, 11) is 1.75. The Morgan fingerprint density at radius 3 is 2.50 bits per heavy atom. The lowest BCUT2D eigenvalue weighted by atomic mass is 10.2. The molecule has 0 amide bonds. The van der Waals surface area contributed by atoms with Gasteiger partial charge in [-0.2, -0.15) is 0 Å². The number of nitrogens with zero attached hydrogens (tertiary/aromatic N) is 2. The Labute approximate surface area is 92.2 Å². The highest BCUT2D eigenvalue weighted by atomic mass is 19.2. The van der Waals surface area contributed by atoms with E-state index in [1.54, 1.807) is 30.3 Å². The number of rotatable bonds is 2. The van der Waals surface area contributed by atoms with E-state index in [1.165, 1.54) is 6.07 Å². The fraction of sp³-hybridized carbons (Fsp3) is 0.0833. The van der Waals surface area contributed by atoms with Crippen LogP contribution in [0.4, 0.5) is 20.3 Å². The van der Waals surface area contributed by atoms with Crippen LogP contribution in [0.3, 0.4) is 0 Å². The molecule has 0 radical (unpaired) electrons. The van der Waals surface area contributed by atoms with Gasteiger partial charge in [-0.05, 0) is 24.3 Å². The highest BCUT2D eigenvalue weighted by molar-refractivity contribution is 5.58. The van der Waals surface area contributed by atoms with Crippen molar-refractivity contribution in [1.82, 2.24) is 4.98 Å². The number of anilines is 2. The number of halogens is 2. The van der Waals surface area contributed by atoms with Gasteiger partial charge in [0.15, 0.2) is 11.6 Å². The number of pyridine rings is 1. The maximum atomic E-state index is 13.0. The molecule has 0 aliphatic carbocycles. The molecule has 0 aliphatic rings.